The summed E-state index contributed by atoms with van der Waals surface area (Å²) in [6.07, 6.45) is 4.22. The van der Waals surface area contributed by atoms with E-state index in [1.807, 2.05) is 0 Å². The number of nitrogens with zero attached hydrogens (tertiary/aromatic N) is 2. The summed E-state index contributed by atoms with van der Waals surface area (Å²) in [6.45, 7) is 4.33. The molecule has 1 saturated heterocycles. The molecule has 1 aromatic rings. The van der Waals surface area contributed by atoms with Crippen molar-refractivity contribution in [2.24, 2.45) is 5.92 Å². The largest absolute Gasteiger partial charge is 0.481 e. The lowest BCUT2D eigenvalue weighted by molar-refractivity contribution is -0.143. The molecule has 18 heavy (non-hydrogen) atoms. The Labute approximate surface area is 106 Å². The lowest BCUT2D eigenvalue weighted by atomic mass is 10.0. The predicted octanol–water partition coefficient (Wildman–Crippen LogP) is 0.986. The van der Waals surface area contributed by atoms with Crippen molar-refractivity contribution in [2.45, 2.75) is 25.9 Å². The average molecular weight is 254 g/mol. The molecule has 0 aromatic carbocycles. The second kappa shape index (κ2) is 5.97. The van der Waals surface area contributed by atoms with Crippen molar-refractivity contribution in [2.75, 3.05) is 19.8 Å². The SMILES string of the molecule is CCCN(Cc1cnoc1)C1COCC1C(=O)O. The van der Waals surface area contributed by atoms with Gasteiger partial charge in [0, 0.05) is 18.2 Å². The molecule has 1 aliphatic heterocycles. The predicted molar refractivity (Wildman–Crippen MR) is 62.9 cm³/mol. The van der Waals surface area contributed by atoms with Gasteiger partial charge in [-0.2, -0.15) is 0 Å². The molecule has 2 unspecified atom stereocenters. The summed E-state index contributed by atoms with van der Waals surface area (Å²) in [5.41, 5.74) is 0.958. The highest BCUT2D eigenvalue weighted by Crippen LogP contribution is 2.22. The second-order valence-electron chi connectivity index (χ2n) is 4.55. The molecule has 0 radical (unpaired) electrons. The van der Waals surface area contributed by atoms with Crippen LogP contribution in [0.25, 0.3) is 0 Å². The highest BCUT2D eigenvalue weighted by molar-refractivity contribution is 5.71. The minimum absolute atomic E-state index is 0.0719. The first-order valence-corrected chi connectivity index (χ1v) is 6.15. The quantitative estimate of drug-likeness (QED) is 0.815. The van der Waals surface area contributed by atoms with E-state index in [2.05, 4.69) is 17.0 Å². The Morgan fingerprint density at radius 1 is 1.61 bits per heavy atom. The summed E-state index contributed by atoms with van der Waals surface area (Å²) in [5, 5.41) is 12.9. The van der Waals surface area contributed by atoms with Crippen LogP contribution >= 0.6 is 0 Å². The monoisotopic (exact) mass is 254 g/mol. The maximum atomic E-state index is 11.2. The van der Waals surface area contributed by atoms with Crippen LogP contribution in [-0.4, -0.2) is 46.9 Å². The van der Waals surface area contributed by atoms with Gasteiger partial charge in [0.25, 0.3) is 0 Å². The highest BCUT2D eigenvalue weighted by atomic mass is 16.5. The van der Waals surface area contributed by atoms with Crippen LogP contribution in [0.15, 0.2) is 17.0 Å². The van der Waals surface area contributed by atoms with Crippen LogP contribution in [0.5, 0.6) is 0 Å². The van der Waals surface area contributed by atoms with Gasteiger partial charge in [-0.1, -0.05) is 12.1 Å². The van der Waals surface area contributed by atoms with Crippen molar-refractivity contribution >= 4 is 5.97 Å². The van der Waals surface area contributed by atoms with Gasteiger partial charge in [0.05, 0.1) is 25.3 Å². The first-order chi connectivity index (χ1) is 8.72. The molecule has 2 rings (SSSR count). The maximum absolute atomic E-state index is 11.2. The summed E-state index contributed by atoms with van der Waals surface area (Å²) in [4.78, 5) is 13.3. The molecule has 1 aliphatic rings. The van der Waals surface area contributed by atoms with Crippen LogP contribution in [0, 0.1) is 5.92 Å². The Hall–Kier alpha value is -1.40. The smallest absolute Gasteiger partial charge is 0.310 e. The lowest BCUT2D eigenvalue weighted by Crippen LogP contribution is -2.43. The third kappa shape index (κ3) is 2.88. The fraction of sp³-hybridized carbons (Fsp3) is 0.667. The van der Waals surface area contributed by atoms with E-state index in [0.717, 1.165) is 18.5 Å². The topological polar surface area (TPSA) is 75.8 Å². The molecular formula is C12H18N2O4. The third-order valence-corrected chi connectivity index (χ3v) is 3.22. The van der Waals surface area contributed by atoms with Gasteiger partial charge in [0.1, 0.15) is 6.26 Å². The zero-order valence-corrected chi connectivity index (χ0v) is 10.4. The Bertz CT molecular complexity index is 379. The van der Waals surface area contributed by atoms with E-state index in [-0.39, 0.29) is 6.04 Å². The molecule has 0 amide bonds. The van der Waals surface area contributed by atoms with Gasteiger partial charge in [-0.3, -0.25) is 9.69 Å². The maximum Gasteiger partial charge on any atom is 0.310 e. The molecule has 6 nitrogen and oxygen atoms in total. The summed E-state index contributed by atoms with van der Waals surface area (Å²) in [7, 11) is 0. The minimum Gasteiger partial charge on any atom is -0.481 e. The molecule has 0 saturated carbocycles. The molecule has 0 bridgehead atoms. The van der Waals surface area contributed by atoms with Crippen LogP contribution in [0.4, 0.5) is 0 Å². The zero-order valence-electron chi connectivity index (χ0n) is 10.4. The molecule has 0 spiro atoms. The van der Waals surface area contributed by atoms with Crippen LogP contribution in [0.1, 0.15) is 18.9 Å². The van der Waals surface area contributed by atoms with Gasteiger partial charge >= 0.3 is 5.97 Å². The van der Waals surface area contributed by atoms with Gasteiger partial charge in [0.15, 0.2) is 0 Å². The number of hydrogen-bond acceptors (Lipinski definition) is 5. The van der Waals surface area contributed by atoms with Crippen molar-refractivity contribution in [1.29, 1.82) is 0 Å². The van der Waals surface area contributed by atoms with E-state index in [1.54, 1.807) is 12.5 Å². The van der Waals surface area contributed by atoms with Crippen molar-refractivity contribution in [1.82, 2.24) is 10.1 Å². The molecular weight excluding hydrogens is 236 g/mol. The number of aromatic nitrogens is 1. The number of carboxylic acid groups (broad SMARTS) is 1. The lowest BCUT2D eigenvalue weighted by Gasteiger charge is -2.29. The van der Waals surface area contributed by atoms with E-state index in [9.17, 15) is 9.90 Å². The van der Waals surface area contributed by atoms with Crippen LogP contribution < -0.4 is 0 Å². The number of hydrogen-bond donors (Lipinski definition) is 1. The van der Waals surface area contributed by atoms with E-state index in [0.29, 0.717) is 19.8 Å². The van der Waals surface area contributed by atoms with Crippen molar-refractivity contribution in [3.8, 4) is 0 Å². The molecule has 6 heteroatoms. The minimum atomic E-state index is -0.788. The van der Waals surface area contributed by atoms with Crippen molar-refractivity contribution in [3.63, 3.8) is 0 Å². The summed E-state index contributed by atoms with van der Waals surface area (Å²) in [5.74, 6) is -1.24. The normalized spacial score (nSPS) is 23.7. The Balaban J connectivity index is 2.06. The van der Waals surface area contributed by atoms with Gasteiger partial charge in [-0.15, -0.1) is 0 Å². The second-order valence-corrected chi connectivity index (χ2v) is 4.55. The number of ether oxygens (including phenoxy) is 1. The van der Waals surface area contributed by atoms with Crippen LogP contribution in [0.2, 0.25) is 0 Å². The molecule has 1 aromatic heterocycles. The molecule has 100 valence electrons. The van der Waals surface area contributed by atoms with Crippen LogP contribution in [0.3, 0.4) is 0 Å². The molecule has 0 aliphatic carbocycles. The number of rotatable bonds is 6. The average Bonchev–Trinajstić information content (AvgIpc) is 2.99. The third-order valence-electron chi connectivity index (χ3n) is 3.22. The fourth-order valence-electron chi connectivity index (χ4n) is 2.33. The Morgan fingerprint density at radius 3 is 3.06 bits per heavy atom. The summed E-state index contributed by atoms with van der Waals surface area (Å²) in [6, 6.07) is -0.0719. The van der Waals surface area contributed by atoms with Gasteiger partial charge in [-0.25, -0.2) is 0 Å². The molecule has 1 N–H and O–H groups in total. The Morgan fingerprint density at radius 2 is 2.44 bits per heavy atom. The van der Waals surface area contributed by atoms with Gasteiger partial charge in [-0.05, 0) is 13.0 Å². The highest BCUT2D eigenvalue weighted by Gasteiger charge is 2.37. The van der Waals surface area contributed by atoms with E-state index in [4.69, 9.17) is 9.26 Å². The first kappa shape index (κ1) is 13.0. The van der Waals surface area contributed by atoms with Gasteiger partial charge < -0.3 is 14.4 Å². The first-order valence-electron chi connectivity index (χ1n) is 6.15. The zero-order chi connectivity index (χ0) is 13.0. The van der Waals surface area contributed by atoms with E-state index >= 15 is 0 Å². The Kier molecular flexibility index (Phi) is 4.33. The van der Waals surface area contributed by atoms with E-state index < -0.39 is 11.9 Å². The molecule has 2 heterocycles. The molecule has 1 fully saturated rings. The number of carboxylic acids is 1. The van der Waals surface area contributed by atoms with Crippen LogP contribution in [-0.2, 0) is 16.1 Å². The van der Waals surface area contributed by atoms with Crippen molar-refractivity contribution < 1.29 is 19.2 Å². The summed E-state index contributed by atoms with van der Waals surface area (Å²) >= 11 is 0. The summed E-state index contributed by atoms with van der Waals surface area (Å²) < 4.78 is 10.1. The molecule has 2 atom stereocenters. The van der Waals surface area contributed by atoms with E-state index in [1.165, 1.54) is 0 Å². The van der Waals surface area contributed by atoms with Gasteiger partial charge in [0.2, 0.25) is 0 Å². The fourth-order valence-corrected chi connectivity index (χ4v) is 2.33. The number of aliphatic carboxylic acids is 1. The standard InChI is InChI=1S/C12H18N2O4/c1-2-3-14(5-9-4-13-18-6-9)11-8-17-7-10(11)12(15)16/h4,6,10-11H,2-3,5,7-8H2,1H3,(H,15,16). The number of carbonyl (C=O) groups is 1. The van der Waals surface area contributed by atoms with Crippen molar-refractivity contribution in [3.05, 3.63) is 18.0 Å².